The number of aromatic nitrogens is 1. The average molecular weight is 277 g/mol. The van der Waals surface area contributed by atoms with Gasteiger partial charge >= 0.3 is 0 Å². The molecule has 4 nitrogen and oxygen atoms in total. The predicted molar refractivity (Wildman–Crippen MR) is 73.4 cm³/mol. The molecule has 2 aromatic rings. The number of carbonyl (C=O) groups excluding carboxylic acids is 1. The maximum atomic E-state index is 11.8. The van der Waals surface area contributed by atoms with Crippen molar-refractivity contribution < 1.29 is 9.90 Å². The molecule has 0 unspecified atom stereocenters. The molecule has 1 amide bonds. The van der Waals surface area contributed by atoms with Gasteiger partial charge in [-0.2, -0.15) is 0 Å². The fourth-order valence-corrected chi connectivity index (χ4v) is 1.77. The van der Waals surface area contributed by atoms with Crippen LogP contribution in [0.2, 0.25) is 5.02 Å². The van der Waals surface area contributed by atoms with Gasteiger partial charge in [0.15, 0.2) is 0 Å². The van der Waals surface area contributed by atoms with Crippen LogP contribution >= 0.6 is 11.6 Å². The topological polar surface area (TPSA) is 62.2 Å². The summed E-state index contributed by atoms with van der Waals surface area (Å²) in [5.74, 6) is -0.430. The van der Waals surface area contributed by atoms with Gasteiger partial charge in [0, 0.05) is 17.8 Å². The van der Waals surface area contributed by atoms with Gasteiger partial charge in [-0.15, -0.1) is 0 Å². The second kappa shape index (κ2) is 6.20. The lowest BCUT2D eigenvalue weighted by Crippen LogP contribution is -2.25. The van der Waals surface area contributed by atoms with Crippen molar-refractivity contribution in [3.63, 3.8) is 0 Å². The Morgan fingerprint density at radius 1 is 1.26 bits per heavy atom. The van der Waals surface area contributed by atoms with E-state index in [-0.39, 0.29) is 17.2 Å². The van der Waals surface area contributed by atoms with E-state index in [1.807, 2.05) is 24.3 Å². The van der Waals surface area contributed by atoms with Gasteiger partial charge in [-0.25, -0.2) is 0 Å². The highest BCUT2D eigenvalue weighted by Gasteiger charge is 2.09. The fourth-order valence-electron chi connectivity index (χ4n) is 1.64. The zero-order valence-corrected chi connectivity index (χ0v) is 10.9. The molecule has 0 atom stereocenters. The van der Waals surface area contributed by atoms with Crippen LogP contribution < -0.4 is 5.32 Å². The van der Waals surface area contributed by atoms with Crippen LogP contribution in [0.3, 0.4) is 0 Å². The van der Waals surface area contributed by atoms with E-state index in [4.69, 9.17) is 11.6 Å². The zero-order chi connectivity index (χ0) is 13.7. The van der Waals surface area contributed by atoms with Gasteiger partial charge in [0.2, 0.25) is 0 Å². The monoisotopic (exact) mass is 276 g/mol. The minimum absolute atomic E-state index is 0.119. The first-order valence-corrected chi connectivity index (χ1v) is 6.20. The standard InChI is InChI=1S/C14H13ClN2O2/c15-11-3-1-10(2-4-11)5-8-17-14(19)12-6-7-16-9-13(12)18/h1-4,6-7,9,18H,5,8H2,(H,17,19). The highest BCUT2D eigenvalue weighted by atomic mass is 35.5. The Balaban J connectivity index is 1.88. The van der Waals surface area contributed by atoms with Crippen LogP contribution in [0, 0.1) is 0 Å². The van der Waals surface area contributed by atoms with Crippen LogP contribution in [0.25, 0.3) is 0 Å². The molecule has 0 aliphatic heterocycles. The summed E-state index contributed by atoms with van der Waals surface area (Å²) in [6.45, 7) is 0.488. The lowest BCUT2D eigenvalue weighted by atomic mass is 10.1. The Hall–Kier alpha value is -2.07. The van der Waals surface area contributed by atoms with Gasteiger partial charge < -0.3 is 10.4 Å². The van der Waals surface area contributed by atoms with Crippen molar-refractivity contribution in [1.29, 1.82) is 0 Å². The summed E-state index contributed by atoms with van der Waals surface area (Å²) in [6.07, 6.45) is 3.41. The third-order valence-electron chi connectivity index (χ3n) is 2.66. The number of hydrogen-bond acceptors (Lipinski definition) is 3. The molecule has 2 rings (SSSR count). The molecule has 1 aromatic carbocycles. The molecular weight excluding hydrogens is 264 g/mol. The van der Waals surface area contributed by atoms with Crippen molar-refractivity contribution in [2.75, 3.05) is 6.54 Å². The predicted octanol–water partition coefficient (Wildman–Crippen LogP) is 2.41. The molecule has 0 fully saturated rings. The third-order valence-corrected chi connectivity index (χ3v) is 2.91. The Bertz CT molecular complexity index is 570. The Morgan fingerprint density at radius 2 is 2.00 bits per heavy atom. The van der Waals surface area contributed by atoms with Crippen LogP contribution in [-0.2, 0) is 6.42 Å². The van der Waals surface area contributed by atoms with E-state index in [1.54, 1.807) is 0 Å². The number of benzene rings is 1. The second-order valence-electron chi connectivity index (χ2n) is 4.03. The van der Waals surface area contributed by atoms with Crippen LogP contribution in [0.1, 0.15) is 15.9 Å². The van der Waals surface area contributed by atoms with E-state index >= 15 is 0 Å². The molecule has 0 aliphatic carbocycles. The van der Waals surface area contributed by atoms with Crippen molar-refractivity contribution >= 4 is 17.5 Å². The summed E-state index contributed by atoms with van der Waals surface area (Å²) in [6, 6.07) is 8.94. The number of amides is 1. The lowest BCUT2D eigenvalue weighted by Gasteiger charge is -2.06. The summed E-state index contributed by atoms with van der Waals surface area (Å²) < 4.78 is 0. The Morgan fingerprint density at radius 3 is 2.68 bits per heavy atom. The van der Waals surface area contributed by atoms with E-state index in [9.17, 15) is 9.90 Å². The van der Waals surface area contributed by atoms with Gasteiger partial charge in [0.25, 0.3) is 5.91 Å². The minimum Gasteiger partial charge on any atom is -0.505 e. The van der Waals surface area contributed by atoms with Gasteiger partial charge in [0.1, 0.15) is 5.75 Å². The van der Waals surface area contributed by atoms with E-state index < -0.39 is 0 Å². The van der Waals surface area contributed by atoms with Gasteiger partial charge in [-0.1, -0.05) is 23.7 Å². The smallest absolute Gasteiger partial charge is 0.255 e. The summed E-state index contributed by atoms with van der Waals surface area (Å²) in [4.78, 5) is 15.5. The van der Waals surface area contributed by atoms with Crippen LogP contribution in [-0.4, -0.2) is 22.5 Å². The Kier molecular flexibility index (Phi) is 4.36. The number of carbonyl (C=O) groups is 1. The van der Waals surface area contributed by atoms with Crippen molar-refractivity contribution in [1.82, 2.24) is 10.3 Å². The van der Waals surface area contributed by atoms with Crippen LogP contribution in [0.5, 0.6) is 5.75 Å². The van der Waals surface area contributed by atoms with Crippen molar-refractivity contribution in [2.45, 2.75) is 6.42 Å². The number of pyridine rings is 1. The summed E-state index contributed by atoms with van der Waals surface area (Å²) in [7, 11) is 0. The molecule has 5 heteroatoms. The van der Waals surface area contributed by atoms with Crippen molar-refractivity contribution in [3.8, 4) is 5.75 Å². The van der Waals surface area contributed by atoms with Gasteiger partial charge in [-0.3, -0.25) is 9.78 Å². The van der Waals surface area contributed by atoms with E-state index in [1.165, 1.54) is 18.5 Å². The van der Waals surface area contributed by atoms with Crippen molar-refractivity contribution in [2.24, 2.45) is 0 Å². The first kappa shape index (κ1) is 13.4. The molecule has 0 bridgehead atoms. The first-order valence-electron chi connectivity index (χ1n) is 5.82. The van der Waals surface area contributed by atoms with Crippen LogP contribution in [0.15, 0.2) is 42.7 Å². The maximum absolute atomic E-state index is 11.8. The largest absolute Gasteiger partial charge is 0.505 e. The quantitative estimate of drug-likeness (QED) is 0.901. The SMILES string of the molecule is O=C(NCCc1ccc(Cl)cc1)c1ccncc1O. The third kappa shape index (κ3) is 3.69. The average Bonchev–Trinajstić information content (AvgIpc) is 2.41. The molecular formula is C14H13ClN2O2. The first-order chi connectivity index (χ1) is 9.16. The molecule has 19 heavy (non-hydrogen) atoms. The highest BCUT2D eigenvalue weighted by Crippen LogP contribution is 2.13. The minimum atomic E-state index is -0.311. The highest BCUT2D eigenvalue weighted by molar-refractivity contribution is 6.30. The molecule has 1 heterocycles. The maximum Gasteiger partial charge on any atom is 0.255 e. The van der Waals surface area contributed by atoms with Gasteiger partial charge in [0.05, 0.1) is 11.8 Å². The van der Waals surface area contributed by atoms with Crippen LogP contribution in [0.4, 0.5) is 0 Å². The summed E-state index contributed by atoms with van der Waals surface area (Å²) in [5, 5.41) is 12.9. The number of hydrogen-bond donors (Lipinski definition) is 2. The van der Waals surface area contributed by atoms with Gasteiger partial charge in [-0.05, 0) is 30.2 Å². The summed E-state index contributed by atoms with van der Waals surface area (Å²) in [5.41, 5.74) is 1.31. The normalized spacial score (nSPS) is 10.2. The number of rotatable bonds is 4. The number of nitrogens with zero attached hydrogens (tertiary/aromatic N) is 1. The van der Waals surface area contributed by atoms with E-state index in [2.05, 4.69) is 10.3 Å². The fraction of sp³-hybridized carbons (Fsp3) is 0.143. The molecule has 0 radical (unpaired) electrons. The second-order valence-corrected chi connectivity index (χ2v) is 4.46. The molecule has 2 N–H and O–H groups in total. The molecule has 0 saturated heterocycles. The molecule has 0 spiro atoms. The summed E-state index contributed by atoms with van der Waals surface area (Å²) >= 11 is 5.79. The molecule has 98 valence electrons. The Labute approximate surface area is 116 Å². The van der Waals surface area contributed by atoms with E-state index in [0.29, 0.717) is 18.0 Å². The van der Waals surface area contributed by atoms with Crippen molar-refractivity contribution in [3.05, 3.63) is 58.9 Å². The number of halogens is 1. The molecule has 0 aliphatic rings. The molecule has 0 saturated carbocycles. The number of aromatic hydroxyl groups is 1. The number of nitrogens with one attached hydrogen (secondary N) is 1. The zero-order valence-electron chi connectivity index (χ0n) is 10.1. The molecule has 1 aromatic heterocycles. The lowest BCUT2D eigenvalue weighted by molar-refractivity contribution is 0.0951. The van der Waals surface area contributed by atoms with E-state index in [0.717, 1.165) is 5.56 Å².